The van der Waals surface area contributed by atoms with Gasteiger partial charge >= 0.3 is 0 Å². The maximum atomic E-state index is 10.7. The summed E-state index contributed by atoms with van der Waals surface area (Å²) in [6, 6.07) is 0. The minimum atomic E-state index is -1.06. The SMILES string of the molecule is [CH2][C@@H]1C(Cl)(Cl)[C@]1(C)C(N)=O. The van der Waals surface area contributed by atoms with Crippen LogP contribution in [0.25, 0.3) is 0 Å². The molecule has 57 valence electrons. The number of nitrogens with two attached hydrogens (primary N) is 1. The van der Waals surface area contributed by atoms with Crippen LogP contribution in [0.3, 0.4) is 0 Å². The van der Waals surface area contributed by atoms with Crippen LogP contribution in [0.1, 0.15) is 6.92 Å². The molecule has 1 amide bonds. The lowest BCUT2D eigenvalue weighted by molar-refractivity contribution is -0.122. The molecule has 0 unspecified atom stereocenters. The third-order valence-electron chi connectivity index (χ3n) is 2.26. The quantitative estimate of drug-likeness (QED) is 0.605. The Bertz CT molecular complexity index is 192. The van der Waals surface area contributed by atoms with Gasteiger partial charge in [-0.3, -0.25) is 4.79 Å². The van der Waals surface area contributed by atoms with E-state index in [0.717, 1.165) is 0 Å². The summed E-state index contributed by atoms with van der Waals surface area (Å²) >= 11 is 11.4. The van der Waals surface area contributed by atoms with Gasteiger partial charge in [-0.1, -0.05) is 0 Å². The fourth-order valence-electron chi connectivity index (χ4n) is 0.952. The fourth-order valence-corrected chi connectivity index (χ4v) is 1.73. The minimum absolute atomic E-state index is 0.291. The highest BCUT2D eigenvalue weighted by atomic mass is 35.5. The Morgan fingerprint density at radius 3 is 2.00 bits per heavy atom. The Labute approximate surface area is 69.7 Å². The van der Waals surface area contributed by atoms with Crippen LogP contribution < -0.4 is 5.73 Å². The number of halogens is 2. The van der Waals surface area contributed by atoms with Crippen molar-refractivity contribution in [1.82, 2.24) is 0 Å². The highest BCUT2D eigenvalue weighted by Gasteiger charge is 2.74. The summed E-state index contributed by atoms with van der Waals surface area (Å²) in [4.78, 5) is 10.7. The van der Waals surface area contributed by atoms with Crippen molar-refractivity contribution >= 4 is 29.1 Å². The molecule has 0 aliphatic heterocycles. The summed E-state index contributed by atoms with van der Waals surface area (Å²) in [7, 11) is 0. The Morgan fingerprint density at radius 2 is 2.00 bits per heavy atom. The van der Waals surface area contributed by atoms with Gasteiger partial charge in [0.25, 0.3) is 0 Å². The van der Waals surface area contributed by atoms with Gasteiger partial charge in [0, 0.05) is 5.92 Å². The van der Waals surface area contributed by atoms with Gasteiger partial charge in [0.1, 0.15) is 4.33 Å². The lowest BCUT2D eigenvalue weighted by Gasteiger charge is -2.04. The van der Waals surface area contributed by atoms with E-state index in [4.69, 9.17) is 28.9 Å². The van der Waals surface area contributed by atoms with E-state index in [9.17, 15) is 4.79 Å². The normalized spacial score (nSPS) is 43.0. The third kappa shape index (κ3) is 0.638. The zero-order chi connectivity index (χ0) is 8.15. The van der Waals surface area contributed by atoms with Crippen molar-refractivity contribution in [3.63, 3.8) is 0 Å². The van der Waals surface area contributed by atoms with Crippen LogP contribution in [0.15, 0.2) is 0 Å². The maximum Gasteiger partial charge on any atom is 0.226 e. The van der Waals surface area contributed by atoms with E-state index in [1.54, 1.807) is 6.92 Å². The van der Waals surface area contributed by atoms with Gasteiger partial charge in [-0.05, 0) is 13.8 Å². The summed E-state index contributed by atoms with van der Waals surface area (Å²) in [6.45, 7) is 5.23. The molecule has 2 N–H and O–H groups in total. The zero-order valence-corrected chi connectivity index (χ0v) is 7.04. The summed E-state index contributed by atoms with van der Waals surface area (Å²) in [5, 5.41) is 0. The number of amides is 1. The van der Waals surface area contributed by atoms with E-state index < -0.39 is 15.7 Å². The molecule has 1 aliphatic rings. The molecule has 1 rings (SSSR count). The number of carbonyl (C=O) groups excluding carboxylic acids is 1. The molecule has 10 heavy (non-hydrogen) atoms. The average molecular weight is 181 g/mol. The van der Waals surface area contributed by atoms with Gasteiger partial charge in [-0.15, -0.1) is 23.2 Å². The number of hydrogen-bond acceptors (Lipinski definition) is 1. The number of rotatable bonds is 1. The zero-order valence-electron chi connectivity index (χ0n) is 5.53. The molecule has 0 aromatic carbocycles. The van der Waals surface area contributed by atoms with Crippen molar-refractivity contribution in [2.24, 2.45) is 17.1 Å². The van der Waals surface area contributed by atoms with Crippen LogP contribution in [0.5, 0.6) is 0 Å². The first-order valence-corrected chi connectivity index (χ1v) is 3.61. The van der Waals surface area contributed by atoms with Crippen molar-refractivity contribution in [3.05, 3.63) is 6.92 Å². The smallest absolute Gasteiger partial charge is 0.226 e. The Hall–Kier alpha value is 0.0500. The van der Waals surface area contributed by atoms with Crippen molar-refractivity contribution in [2.45, 2.75) is 11.3 Å². The number of carbonyl (C=O) groups is 1. The van der Waals surface area contributed by atoms with E-state index in [0.29, 0.717) is 0 Å². The topological polar surface area (TPSA) is 43.1 Å². The summed E-state index contributed by atoms with van der Waals surface area (Å²) in [5.74, 6) is -0.779. The second-order valence-corrected chi connectivity index (χ2v) is 4.13. The van der Waals surface area contributed by atoms with E-state index in [-0.39, 0.29) is 5.92 Å². The predicted molar refractivity (Wildman–Crippen MR) is 40.6 cm³/mol. The molecule has 2 atom stereocenters. The summed E-state index contributed by atoms with van der Waals surface area (Å²) in [5.41, 5.74) is 4.21. The molecule has 0 bridgehead atoms. The monoisotopic (exact) mass is 180 g/mol. The van der Waals surface area contributed by atoms with E-state index in [1.165, 1.54) is 0 Å². The Morgan fingerprint density at radius 1 is 1.70 bits per heavy atom. The lowest BCUT2D eigenvalue weighted by Crippen LogP contribution is -2.26. The third-order valence-corrected chi connectivity index (χ3v) is 3.57. The minimum Gasteiger partial charge on any atom is -0.369 e. The average Bonchev–Trinajstić information content (AvgIpc) is 2.16. The molecule has 1 radical (unpaired) electrons. The van der Waals surface area contributed by atoms with Gasteiger partial charge in [-0.25, -0.2) is 0 Å². The van der Waals surface area contributed by atoms with Crippen molar-refractivity contribution in [1.29, 1.82) is 0 Å². The van der Waals surface area contributed by atoms with Crippen LogP contribution in [0.2, 0.25) is 0 Å². The second-order valence-electron chi connectivity index (χ2n) is 2.74. The van der Waals surface area contributed by atoms with Gasteiger partial charge < -0.3 is 5.73 Å². The fraction of sp³-hybridized carbons (Fsp3) is 0.667. The van der Waals surface area contributed by atoms with Crippen LogP contribution in [-0.4, -0.2) is 10.2 Å². The Kier molecular flexibility index (Phi) is 1.47. The highest BCUT2D eigenvalue weighted by Crippen LogP contribution is 2.68. The molecule has 1 saturated carbocycles. The van der Waals surface area contributed by atoms with E-state index in [1.807, 2.05) is 0 Å². The van der Waals surface area contributed by atoms with Crippen molar-refractivity contribution < 1.29 is 4.79 Å². The molecule has 0 aromatic heterocycles. The van der Waals surface area contributed by atoms with E-state index >= 15 is 0 Å². The maximum absolute atomic E-state index is 10.7. The first kappa shape index (κ1) is 8.15. The first-order chi connectivity index (χ1) is 4.35. The lowest BCUT2D eigenvalue weighted by atomic mass is 10.1. The van der Waals surface area contributed by atoms with Crippen LogP contribution in [0.4, 0.5) is 0 Å². The molecule has 4 heteroatoms. The predicted octanol–water partition coefficient (Wildman–Crippen LogP) is 1.12. The Balaban J connectivity index is 2.88. The van der Waals surface area contributed by atoms with Crippen molar-refractivity contribution in [2.75, 3.05) is 0 Å². The standard InChI is InChI=1S/C6H8Cl2NO/c1-3-5(2,4(9)10)6(3,7)8/h3H,1H2,2H3,(H2,9,10)/t3-,5-/m0/s1. The van der Waals surface area contributed by atoms with Gasteiger partial charge in [-0.2, -0.15) is 0 Å². The molecule has 0 heterocycles. The number of primary amides is 1. The van der Waals surface area contributed by atoms with E-state index in [2.05, 4.69) is 6.92 Å². The van der Waals surface area contributed by atoms with Gasteiger partial charge in [0.05, 0.1) is 5.41 Å². The van der Waals surface area contributed by atoms with Gasteiger partial charge in [0.2, 0.25) is 5.91 Å². The molecular weight excluding hydrogens is 173 g/mol. The van der Waals surface area contributed by atoms with Gasteiger partial charge in [0.15, 0.2) is 0 Å². The van der Waals surface area contributed by atoms with Crippen LogP contribution in [-0.2, 0) is 4.79 Å². The van der Waals surface area contributed by atoms with Crippen molar-refractivity contribution in [3.8, 4) is 0 Å². The first-order valence-electron chi connectivity index (χ1n) is 2.86. The largest absolute Gasteiger partial charge is 0.369 e. The number of alkyl halides is 2. The molecule has 0 spiro atoms. The second kappa shape index (κ2) is 1.80. The molecule has 2 nitrogen and oxygen atoms in total. The summed E-state index contributed by atoms with van der Waals surface area (Å²) < 4.78 is -1.06. The molecule has 0 aromatic rings. The summed E-state index contributed by atoms with van der Waals surface area (Å²) in [6.07, 6.45) is 0. The van der Waals surface area contributed by atoms with Crippen LogP contribution >= 0.6 is 23.2 Å². The highest BCUT2D eigenvalue weighted by molar-refractivity contribution is 6.53. The molecule has 1 fully saturated rings. The number of hydrogen-bond donors (Lipinski definition) is 1. The molecular formula is C6H8Cl2NO. The van der Waals surface area contributed by atoms with Crippen LogP contribution in [0, 0.1) is 18.3 Å². The molecule has 1 aliphatic carbocycles. The molecule has 0 saturated heterocycles.